The van der Waals surface area contributed by atoms with Crippen molar-refractivity contribution in [2.75, 3.05) is 13.7 Å². The van der Waals surface area contributed by atoms with Crippen LogP contribution in [0.25, 0.3) is 0 Å². The van der Waals surface area contributed by atoms with Crippen molar-refractivity contribution >= 4 is 0 Å². The van der Waals surface area contributed by atoms with E-state index in [0.717, 1.165) is 13.0 Å². The van der Waals surface area contributed by atoms with Crippen molar-refractivity contribution < 1.29 is 4.84 Å². The van der Waals surface area contributed by atoms with Crippen molar-refractivity contribution in [2.45, 2.75) is 13.3 Å². The molecule has 0 aliphatic heterocycles. The SMILES string of the molecule is CCCO[N]C. The molecule has 0 bridgehead atoms. The van der Waals surface area contributed by atoms with E-state index in [1.54, 1.807) is 7.05 Å². The van der Waals surface area contributed by atoms with Crippen molar-refractivity contribution in [2.24, 2.45) is 0 Å². The molecule has 0 aliphatic rings. The summed E-state index contributed by atoms with van der Waals surface area (Å²) in [4.78, 5) is 4.61. The van der Waals surface area contributed by atoms with Crippen LogP contribution in [-0.2, 0) is 4.84 Å². The fourth-order valence-corrected chi connectivity index (χ4v) is 0.183. The molecule has 0 amide bonds. The Balaban J connectivity index is 2.34. The second kappa shape index (κ2) is 4.92. The standard InChI is InChI=1S/C4H10NO/c1-3-4-6-5-2/h3-4H2,1-2H3. The third kappa shape index (κ3) is 3.92. The summed E-state index contributed by atoms with van der Waals surface area (Å²) in [7, 11) is 1.63. The minimum Gasteiger partial charge on any atom is -0.282 e. The topological polar surface area (TPSA) is 23.3 Å². The number of rotatable bonds is 3. The summed E-state index contributed by atoms with van der Waals surface area (Å²) >= 11 is 0. The minimum absolute atomic E-state index is 0.747. The van der Waals surface area contributed by atoms with Gasteiger partial charge in [0.15, 0.2) is 0 Å². The second-order valence-electron chi connectivity index (χ2n) is 1.02. The van der Waals surface area contributed by atoms with E-state index in [1.807, 2.05) is 6.92 Å². The first-order valence-electron chi connectivity index (χ1n) is 2.13. The molecule has 6 heavy (non-hydrogen) atoms. The van der Waals surface area contributed by atoms with Gasteiger partial charge in [0.1, 0.15) is 0 Å². The first-order valence-corrected chi connectivity index (χ1v) is 2.13. The van der Waals surface area contributed by atoms with Crippen LogP contribution in [0, 0.1) is 0 Å². The maximum Gasteiger partial charge on any atom is 0.0699 e. The second-order valence-corrected chi connectivity index (χ2v) is 1.02. The Hall–Kier alpha value is -0.0800. The number of hydrogen-bond acceptors (Lipinski definition) is 1. The van der Waals surface area contributed by atoms with Crippen molar-refractivity contribution in [1.82, 2.24) is 5.48 Å². The van der Waals surface area contributed by atoms with E-state index in [1.165, 1.54) is 0 Å². The number of hydroxylamine groups is 1. The molecule has 2 nitrogen and oxygen atoms in total. The molecular weight excluding hydrogens is 78.0 g/mol. The van der Waals surface area contributed by atoms with Crippen LogP contribution in [0.3, 0.4) is 0 Å². The van der Waals surface area contributed by atoms with Crippen LogP contribution in [0.1, 0.15) is 13.3 Å². The molecule has 0 aromatic heterocycles. The molecule has 0 heterocycles. The van der Waals surface area contributed by atoms with Crippen molar-refractivity contribution in [3.8, 4) is 0 Å². The lowest BCUT2D eigenvalue weighted by Gasteiger charge is -1.89. The van der Waals surface area contributed by atoms with Crippen LogP contribution in [-0.4, -0.2) is 13.7 Å². The molecule has 0 unspecified atom stereocenters. The quantitative estimate of drug-likeness (QED) is 0.365. The van der Waals surface area contributed by atoms with E-state index in [0.29, 0.717) is 0 Å². The van der Waals surface area contributed by atoms with E-state index in [2.05, 4.69) is 10.3 Å². The van der Waals surface area contributed by atoms with E-state index in [4.69, 9.17) is 0 Å². The molecule has 0 N–H and O–H groups in total. The maximum absolute atomic E-state index is 4.61. The summed E-state index contributed by atoms with van der Waals surface area (Å²) in [6.07, 6.45) is 1.04. The predicted octanol–water partition coefficient (Wildman–Crippen LogP) is 0.562. The predicted molar refractivity (Wildman–Crippen MR) is 24.3 cm³/mol. The summed E-state index contributed by atoms with van der Waals surface area (Å²) in [6.45, 7) is 2.79. The fourth-order valence-electron chi connectivity index (χ4n) is 0.183. The van der Waals surface area contributed by atoms with Gasteiger partial charge in [-0.2, -0.15) is 0 Å². The maximum atomic E-state index is 4.61. The lowest BCUT2D eigenvalue weighted by atomic mass is 10.5. The summed E-state index contributed by atoms with van der Waals surface area (Å²) in [6, 6.07) is 0. The molecule has 0 rings (SSSR count). The Kier molecular flexibility index (Phi) is 4.85. The fraction of sp³-hybridized carbons (Fsp3) is 1.00. The van der Waals surface area contributed by atoms with Crippen LogP contribution in [0.5, 0.6) is 0 Å². The Labute approximate surface area is 38.5 Å². The van der Waals surface area contributed by atoms with Gasteiger partial charge < -0.3 is 0 Å². The Morgan fingerprint density at radius 3 is 2.50 bits per heavy atom. The highest BCUT2D eigenvalue weighted by atomic mass is 16.6. The van der Waals surface area contributed by atoms with Crippen LogP contribution in [0.15, 0.2) is 0 Å². The zero-order chi connectivity index (χ0) is 4.83. The smallest absolute Gasteiger partial charge is 0.0699 e. The van der Waals surface area contributed by atoms with Gasteiger partial charge in [-0.25, -0.2) is 0 Å². The zero-order valence-electron chi connectivity index (χ0n) is 4.27. The Morgan fingerprint density at radius 2 is 2.33 bits per heavy atom. The highest BCUT2D eigenvalue weighted by Crippen LogP contribution is 1.72. The Bertz CT molecular complexity index is 19.5. The van der Waals surface area contributed by atoms with Crippen LogP contribution in [0.4, 0.5) is 0 Å². The molecule has 0 aromatic carbocycles. The van der Waals surface area contributed by atoms with Gasteiger partial charge in [0, 0.05) is 7.05 Å². The molecule has 0 fully saturated rings. The van der Waals surface area contributed by atoms with Gasteiger partial charge in [-0.3, -0.25) is 4.84 Å². The molecule has 0 spiro atoms. The van der Waals surface area contributed by atoms with Gasteiger partial charge in [0.2, 0.25) is 0 Å². The van der Waals surface area contributed by atoms with Gasteiger partial charge >= 0.3 is 0 Å². The lowest BCUT2D eigenvalue weighted by Crippen LogP contribution is -1.98. The van der Waals surface area contributed by atoms with E-state index in [-0.39, 0.29) is 0 Å². The van der Waals surface area contributed by atoms with Gasteiger partial charge in [0.25, 0.3) is 0 Å². The van der Waals surface area contributed by atoms with Gasteiger partial charge in [0.05, 0.1) is 6.61 Å². The third-order valence-corrected chi connectivity index (χ3v) is 0.425. The molecule has 0 aromatic rings. The first kappa shape index (κ1) is 5.92. The van der Waals surface area contributed by atoms with Gasteiger partial charge in [-0.15, -0.1) is 5.48 Å². The molecule has 2 heteroatoms. The van der Waals surface area contributed by atoms with Gasteiger partial charge in [-0.05, 0) is 6.42 Å². The largest absolute Gasteiger partial charge is 0.282 e. The molecule has 0 saturated heterocycles. The highest BCUT2D eigenvalue weighted by Gasteiger charge is 1.73. The van der Waals surface area contributed by atoms with Crippen LogP contribution < -0.4 is 5.48 Å². The summed E-state index contributed by atoms with van der Waals surface area (Å²) < 4.78 is 0. The average Bonchev–Trinajstić information content (AvgIpc) is 1.61. The van der Waals surface area contributed by atoms with Gasteiger partial charge in [-0.1, -0.05) is 6.92 Å². The first-order chi connectivity index (χ1) is 2.91. The van der Waals surface area contributed by atoms with E-state index in [9.17, 15) is 0 Å². The molecule has 37 valence electrons. The summed E-state index contributed by atoms with van der Waals surface area (Å²) in [5.74, 6) is 0. The molecule has 0 atom stereocenters. The average molecular weight is 88.1 g/mol. The monoisotopic (exact) mass is 88.1 g/mol. The number of nitrogens with zero attached hydrogens (tertiary/aromatic N) is 1. The summed E-state index contributed by atoms with van der Waals surface area (Å²) in [5.41, 5.74) is 3.43. The van der Waals surface area contributed by atoms with E-state index < -0.39 is 0 Å². The van der Waals surface area contributed by atoms with Crippen LogP contribution >= 0.6 is 0 Å². The Morgan fingerprint density at radius 1 is 1.67 bits per heavy atom. The highest BCUT2D eigenvalue weighted by molar-refractivity contribution is 4.15. The lowest BCUT2D eigenvalue weighted by molar-refractivity contribution is 0.0506. The minimum atomic E-state index is 0.747. The summed E-state index contributed by atoms with van der Waals surface area (Å²) in [5, 5.41) is 0. The van der Waals surface area contributed by atoms with Crippen LogP contribution in [0.2, 0.25) is 0 Å². The zero-order valence-corrected chi connectivity index (χ0v) is 4.27. The normalized spacial score (nSPS) is 9.00. The third-order valence-electron chi connectivity index (χ3n) is 0.425. The van der Waals surface area contributed by atoms with Crippen molar-refractivity contribution in [3.05, 3.63) is 0 Å². The van der Waals surface area contributed by atoms with Crippen molar-refractivity contribution in [1.29, 1.82) is 0 Å². The molecule has 1 radical (unpaired) electrons. The molecular formula is C4H10NO. The number of hydrogen-bond donors (Lipinski definition) is 0. The molecule has 0 aliphatic carbocycles. The van der Waals surface area contributed by atoms with E-state index >= 15 is 0 Å². The molecule has 0 saturated carbocycles. The van der Waals surface area contributed by atoms with Crippen molar-refractivity contribution in [3.63, 3.8) is 0 Å².